The fraction of sp³-hybridized carbons (Fsp3) is 0.345. The van der Waals surface area contributed by atoms with Gasteiger partial charge >= 0.3 is 0 Å². The summed E-state index contributed by atoms with van der Waals surface area (Å²) in [7, 11) is 0. The van der Waals surface area contributed by atoms with E-state index in [9.17, 15) is 9.90 Å². The summed E-state index contributed by atoms with van der Waals surface area (Å²) in [5, 5.41) is 13.1. The summed E-state index contributed by atoms with van der Waals surface area (Å²) < 4.78 is 0. The van der Waals surface area contributed by atoms with Gasteiger partial charge < -0.3 is 15.3 Å². The minimum atomic E-state index is -0.0234. The first-order chi connectivity index (χ1) is 16.4. The maximum atomic E-state index is 13.0. The molecule has 1 heterocycles. The Kier molecular flexibility index (Phi) is 11.1. The van der Waals surface area contributed by atoms with Gasteiger partial charge in [-0.15, -0.1) is 24.8 Å². The van der Waals surface area contributed by atoms with Crippen LogP contribution in [0, 0.1) is 5.92 Å². The third-order valence-corrected chi connectivity index (χ3v) is 6.70. The molecule has 36 heavy (non-hydrogen) atoms. The standard InChI is InChI=1S/C29H35N3O2.2ClH/c1-21(2)28(20-31-16-17-32(22(3)19-31)26-10-7-11-27(33)18-26)30-29(34)25-14-12-24(13-15-25)23-8-5-4-6-9-23;;/h4-15,18,21-22,28,33H,16-17,19-20H2,1-3H3,(H,30,34);2*1H/t22-,28+;;/m0../s1. The molecule has 0 radical (unpaired) electrons. The van der Waals surface area contributed by atoms with Crippen molar-refractivity contribution in [1.29, 1.82) is 0 Å². The van der Waals surface area contributed by atoms with Crippen molar-refractivity contribution < 1.29 is 9.90 Å². The van der Waals surface area contributed by atoms with Crippen molar-refractivity contribution in [3.63, 3.8) is 0 Å². The highest BCUT2D eigenvalue weighted by Gasteiger charge is 2.27. The van der Waals surface area contributed by atoms with Crippen molar-refractivity contribution in [1.82, 2.24) is 10.2 Å². The van der Waals surface area contributed by atoms with Crippen LogP contribution >= 0.6 is 24.8 Å². The molecule has 0 aromatic heterocycles. The average molecular weight is 531 g/mol. The van der Waals surface area contributed by atoms with Crippen molar-refractivity contribution in [3.8, 4) is 16.9 Å². The highest BCUT2D eigenvalue weighted by atomic mass is 35.5. The Balaban J connectivity index is 0.00000228. The van der Waals surface area contributed by atoms with Gasteiger partial charge in [-0.25, -0.2) is 0 Å². The first-order valence-corrected chi connectivity index (χ1v) is 12.1. The lowest BCUT2D eigenvalue weighted by Gasteiger charge is -2.42. The van der Waals surface area contributed by atoms with Gasteiger partial charge in [0.1, 0.15) is 5.75 Å². The topological polar surface area (TPSA) is 55.8 Å². The SMILES string of the molecule is CC(C)[C@@H](CN1CCN(c2cccc(O)c2)[C@@H](C)C1)NC(=O)c1ccc(-c2ccccc2)cc1.Cl.Cl. The summed E-state index contributed by atoms with van der Waals surface area (Å²) in [5.74, 6) is 0.600. The molecular formula is C29H37Cl2N3O2. The second-order valence-electron chi connectivity index (χ2n) is 9.59. The molecule has 4 rings (SSSR count). The Morgan fingerprint density at radius 3 is 2.22 bits per heavy atom. The lowest BCUT2D eigenvalue weighted by molar-refractivity contribution is 0.0903. The maximum absolute atomic E-state index is 13.0. The van der Waals surface area contributed by atoms with E-state index in [0.717, 1.165) is 43.0 Å². The third kappa shape index (κ3) is 7.39. The highest BCUT2D eigenvalue weighted by Crippen LogP contribution is 2.25. The van der Waals surface area contributed by atoms with Crippen LogP contribution < -0.4 is 10.2 Å². The maximum Gasteiger partial charge on any atom is 0.251 e. The molecule has 3 aromatic carbocycles. The number of piperazine rings is 1. The molecule has 2 N–H and O–H groups in total. The number of aromatic hydroxyl groups is 1. The Morgan fingerprint density at radius 2 is 1.61 bits per heavy atom. The number of anilines is 1. The lowest BCUT2D eigenvalue weighted by atomic mass is 10.0. The van der Waals surface area contributed by atoms with E-state index >= 15 is 0 Å². The number of nitrogens with zero attached hydrogens (tertiary/aromatic N) is 2. The smallest absolute Gasteiger partial charge is 0.251 e. The van der Waals surface area contributed by atoms with Crippen molar-refractivity contribution >= 4 is 36.4 Å². The van der Waals surface area contributed by atoms with Crippen molar-refractivity contribution in [2.24, 2.45) is 5.92 Å². The van der Waals surface area contributed by atoms with Crippen LogP contribution in [0.1, 0.15) is 31.1 Å². The van der Waals surface area contributed by atoms with Crippen molar-refractivity contribution in [2.75, 3.05) is 31.1 Å². The first kappa shape index (κ1) is 29.5. The molecule has 0 bridgehead atoms. The van der Waals surface area contributed by atoms with Gasteiger partial charge in [-0.2, -0.15) is 0 Å². The van der Waals surface area contributed by atoms with Crippen molar-refractivity contribution in [2.45, 2.75) is 32.9 Å². The number of carbonyl (C=O) groups excluding carboxylic acids is 1. The number of amides is 1. The predicted octanol–water partition coefficient (Wildman–Crippen LogP) is 5.87. The van der Waals surface area contributed by atoms with Gasteiger partial charge in [0.15, 0.2) is 0 Å². The molecule has 1 amide bonds. The molecule has 7 heteroatoms. The summed E-state index contributed by atoms with van der Waals surface area (Å²) >= 11 is 0. The van der Waals surface area contributed by atoms with E-state index in [-0.39, 0.29) is 36.8 Å². The normalized spacial score (nSPS) is 16.6. The zero-order valence-electron chi connectivity index (χ0n) is 21.1. The average Bonchev–Trinajstić information content (AvgIpc) is 2.84. The van der Waals surface area contributed by atoms with E-state index in [4.69, 9.17) is 0 Å². The number of nitrogens with one attached hydrogen (secondary N) is 1. The molecule has 1 fully saturated rings. The Labute approximate surface area is 227 Å². The second kappa shape index (κ2) is 13.5. The Hall–Kier alpha value is -2.73. The predicted molar refractivity (Wildman–Crippen MR) is 154 cm³/mol. The molecule has 2 atom stereocenters. The quantitative estimate of drug-likeness (QED) is 0.402. The van der Waals surface area contributed by atoms with Gasteiger partial charge in [0.2, 0.25) is 0 Å². The highest BCUT2D eigenvalue weighted by molar-refractivity contribution is 5.95. The molecule has 1 aliphatic heterocycles. The van der Waals surface area contributed by atoms with Crippen LogP contribution in [0.5, 0.6) is 5.75 Å². The van der Waals surface area contributed by atoms with Crippen LogP contribution in [0.4, 0.5) is 5.69 Å². The number of phenols is 1. The van der Waals surface area contributed by atoms with E-state index in [2.05, 4.69) is 48.0 Å². The molecule has 0 aliphatic carbocycles. The van der Waals surface area contributed by atoms with Gasteiger partial charge in [-0.05, 0) is 48.2 Å². The molecule has 0 unspecified atom stereocenters. The minimum Gasteiger partial charge on any atom is -0.508 e. The number of hydrogen-bond donors (Lipinski definition) is 2. The lowest BCUT2D eigenvalue weighted by Crippen LogP contribution is -2.56. The third-order valence-electron chi connectivity index (χ3n) is 6.70. The first-order valence-electron chi connectivity index (χ1n) is 12.1. The van der Waals surface area contributed by atoms with E-state index < -0.39 is 0 Å². The van der Waals surface area contributed by atoms with Gasteiger partial charge in [0.05, 0.1) is 0 Å². The number of halogens is 2. The van der Waals surface area contributed by atoms with E-state index in [1.165, 1.54) is 0 Å². The molecule has 5 nitrogen and oxygen atoms in total. The van der Waals surface area contributed by atoms with Crippen LogP contribution in [-0.2, 0) is 0 Å². The largest absolute Gasteiger partial charge is 0.508 e. The molecule has 194 valence electrons. The van der Waals surface area contributed by atoms with Gasteiger partial charge in [0.25, 0.3) is 5.91 Å². The zero-order chi connectivity index (χ0) is 24.1. The fourth-order valence-corrected chi connectivity index (χ4v) is 4.65. The van der Waals surface area contributed by atoms with E-state index in [0.29, 0.717) is 23.3 Å². The number of phenolic OH excluding ortho intramolecular Hbond substituents is 1. The number of benzene rings is 3. The second-order valence-corrected chi connectivity index (χ2v) is 9.59. The molecule has 1 aliphatic rings. The summed E-state index contributed by atoms with van der Waals surface area (Å²) in [4.78, 5) is 17.8. The summed E-state index contributed by atoms with van der Waals surface area (Å²) in [6.07, 6.45) is 0. The van der Waals surface area contributed by atoms with Crippen molar-refractivity contribution in [3.05, 3.63) is 84.4 Å². The van der Waals surface area contributed by atoms with Crippen LogP contribution in [0.15, 0.2) is 78.9 Å². The molecule has 0 spiro atoms. The fourth-order valence-electron chi connectivity index (χ4n) is 4.65. The van der Waals surface area contributed by atoms with Gasteiger partial charge in [0, 0.05) is 55.6 Å². The number of hydrogen-bond acceptors (Lipinski definition) is 4. The Bertz CT molecular complexity index is 1090. The van der Waals surface area contributed by atoms with Crippen LogP contribution in [0.3, 0.4) is 0 Å². The van der Waals surface area contributed by atoms with Crippen LogP contribution in [0.25, 0.3) is 11.1 Å². The molecule has 3 aromatic rings. The number of carbonyl (C=O) groups is 1. The van der Waals surface area contributed by atoms with Gasteiger partial charge in [-0.1, -0.05) is 62.4 Å². The number of rotatable bonds is 7. The van der Waals surface area contributed by atoms with E-state index in [1.54, 1.807) is 6.07 Å². The molecular weight excluding hydrogens is 493 g/mol. The molecule has 1 saturated heterocycles. The summed E-state index contributed by atoms with van der Waals surface area (Å²) in [6.45, 7) is 10.1. The zero-order valence-corrected chi connectivity index (χ0v) is 22.8. The van der Waals surface area contributed by atoms with Crippen LogP contribution in [0.2, 0.25) is 0 Å². The van der Waals surface area contributed by atoms with E-state index in [1.807, 2.05) is 60.7 Å². The van der Waals surface area contributed by atoms with Gasteiger partial charge in [-0.3, -0.25) is 9.69 Å². The summed E-state index contributed by atoms with van der Waals surface area (Å²) in [5.41, 5.74) is 4.00. The monoisotopic (exact) mass is 529 g/mol. The summed E-state index contributed by atoms with van der Waals surface area (Å²) in [6, 6.07) is 25.9. The van der Waals surface area contributed by atoms with Crippen LogP contribution in [-0.4, -0.2) is 54.2 Å². The minimum absolute atomic E-state index is 0. The molecule has 0 saturated carbocycles. The Morgan fingerprint density at radius 1 is 0.944 bits per heavy atom.